The Morgan fingerprint density at radius 1 is 1.44 bits per heavy atom. The van der Waals surface area contributed by atoms with E-state index < -0.39 is 17.6 Å². The number of carboxylic acid groups (broad SMARTS) is 1. The minimum absolute atomic E-state index is 0.0151. The minimum Gasteiger partial charge on any atom is -0.481 e. The highest BCUT2D eigenvalue weighted by atomic mass is 79.9. The normalized spacial score (nSPS) is 10.6. The molecule has 0 bridgehead atoms. The van der Waals surface area contributed by atoms with Crippen molar-refractivity contribution in [2.24, 2.45) is 0 Å². The van der Waals surface area contributed by atoms with E-state index in [-0.39, 0.29) is 10.9 Å². The van der Waals surface area contributed by atoms with E-state index in [9.17, 15) is 13.6 Å². The Bertz CT molecular complexity index is 615. The molecule has 0 aliphatic carbocycles. The standard InChI is InChI=1S/C11H6BrF2NO2S/c12-9-6(1-2-7(13)10(9)14)11-15-5(4-18-11)3-8(16)17/h1-2,4H,3H2,(H,16,17). The van der Waals surface area contributed by atoms with Gasteiger partial charge in [0.2, 0.25) is 0 Å². The smallest absolute Gasteiger partial charge is 0.309 e. The number of halogens is 3. The Hall–Kier alpha value is -1.34. The molecule has 2 rings (SSSR count). The number of aliphatic carboxylic acids is 1. The lowest BCUT2D eigenvalue weighted by atomic mass is 10.2. The van der Waals surface area contributed by atoms with E-state index >= 15 is 0 Å². The molecule has 3 nitrogen and oxygen atoms in total. The molecule has 0 radical (unpaired) electrons. The van der Waals surface area contributed by atoms with Crippen molar-refractivity contribution in [3.8, 4) is 10.6 Å². The largest absolute Gasteiger partial charge is 0.481 e. The van der Waals surface area contributed by atoms with Crippen molar-refractivity contribution >= 4 is 33.2 Å². The third-order valence-electron chi connectivity index (χ3n) is 2.15. The van der Waals surface area contributed by atoms with Crippen molar-refractivity contribution in [2.75, 3.05) is 0 Å². The van der Waals surface area contributed by atoms with E-state index in [1.165, 1.54) is 17.4 Å². The van der Waals surface area contributed by atoms with Gasteiger partial charge < -0.3 is 5.11 Å². The van der Waals surface area contributed by atoms with Crippen LogP contribution in [0.15, 0.2) is 22.0 Å². The molecule has 1 aromatic carbocycles. The van der Waals surface area contributed by atoms with E-state index in [0.29, 0.717) is 16.3 Å². The number of benzene rings is 1. The number of rotatable bonds is 3. The minimum atomic E-state index is -0.990. The summed E-state index contributed by atoms with van der Waals surface area (Å²) in [5.74, 6) is -2.92. The second-order valence-corrected chi connectivity index (χ2v) is 5.09. The maximum Gasteiger partial charge on any atom is 0.309 e. The highest BCUT2D eigenvalue weighted by Gasteiger charge is 2.15. The summed E-state index contributed by atoms with van der Waals surface area (Å²) in [7, 11) is 0. The SMILES string of the molecule is O=C(O)Cc1csc(-c2ccc(F)c(F)c2Br)n1. The van der Waals surface area contributed by atoms with Gasteiger partial charge in [-0.05, 0) is 28.1 Å². The molecule has 1 heterocycles. The topological polar surface area (TPSA) is 50.2 Å². The molecule has 0 spiro atoms. The predicted octanol–water partition coefficient (Wildman–Crippen LogP) is 3.48. The molecule has 18 heavy (non-hydrogen) atoms. The lowest BCUT2D eigenvalue weighted by Crippen LogP contribution is -2.00. The van der Waals surface area contributed by atoms with Gasteiger partial charge in [-0.3, -0.25) is 4.79 Å². The van der Waals surface area contributed by atoms with E-state index in [1.807, 2.05) is 0 Å². The van der Waals surface area contributed by atoms with Crippen LogP contribution in [0.3, 0.4) is 0 Å². The monoisotopic (exact) mass is 333 g/mol. The summed E-state index contributed by atoms with van der Waals surface area (Å²) < 4.78 is 26.3. The van der Waals surface area contributed by atoms with Crippen molar-refractivity contribution in [2.45, 2.75) is 6.42 Å². The van der Waals surface area contributed by atoms with Gasteiger partial charge in [0, 0.05) is 10.9 Å². The lowest BCUT2D eigenvalue weighted by molar-refractivity contribution is -0.136. The van der Waals surface area contributed by atoms with Crippen LogP contribution in [-0.2, 0) is 11.2 Å². The summed E-state index contributed by atoms with van der Waals surface area (Å²) in [6.07, 6.45) is -0.197. The average Bonchev–Trinajstić information content (AvgIpc) is 2.73. The first-order valence-corrected chi connectivity index (χ1v) is 6.46. The van der Waals surface area contributed by atoms with Crippen LogP contribution in [0.4, 0.5) is 8.78 Å². The van der Waals surface area contributed by atoms with Gasteiger partial charge >= 0.3 is 5.97 Å². The molecular weight excluding hydrogens is 328 g/mol. The number of carbonyl (C=O) groups is 1. The molecule has 0 unspecified atom stereocenters. The van der Waals surface area contributed by atoms with Gasteiger partial charge in [0.1, 0.15) is 5.01 Å². The van der Waals surface area contributed by atoms with Crippen LogP contribution >= 0.6 is 27.3 Å². The van der Waals surface area contributed by atoms with E-state index in [4.69, 9.17) is 5.11 Å². The molecule has 0 aliphatic heterocycles. The Morgan fingerprint density at radius 3 is 2.83 bits per heavy atom. The molecule has 1 N–H and O–H groups in total. The number of thiazole rings is 1. The van der Waals surface area contributed by atoms with Crippen molar-refractivity contribution in [1.29, 1.82) is 0 Å². The Balaban J connectivity index is 2.40. The summed E-state index contributed by atoms with van der Waals surface area (Å²) in [6, 6.07) is 2.40. The van der Waals surface area contributed by atoms with Gasteiger partial charge in [0.25, 0.3) is 0 Å². The zero-order valence-electron chi connectivity index (χ0n) is 8.78. The Labute approximate surface area is 113 Å². The number of hydrogen-bond acceptors (Lipinski definition) is 3. The number of carboxylic acids is 1. The summed E-state index contributed by atoms with van der Waals surface area (Å²) in [5.41, 5.74) is 0.787. The van der Waals surface area contributed by atoms with E-state index in [2.05, 4.69) is 20.9 Å². The summed E-state index contributed by atoms with van der Waals surface area (Å²) in [4.78, 5) is 14.6. The summed E-state index contributed by atoms with van der Waals surface area (Å²) in [5, 5.41) is 10.6. The van der Waals surface area contributed by atoms with Crippen LogP contribution in [0, 0.1) is 11.6 Å². The van der Waals surface area contributed by atoms with Gasteiger partial charge in [0.05, 0.1) is 16.6 Å². The molecule has 94 valence electrons. The molecule has 2 aromatic rings. The third kappa shape index (κ3) is 2.56. The molecular formula is C11H6BrF2NO2S. The predicted molar refractivity (Wildman–Crippen MR) is 66.5 cm³/mol. The van der Waals surface area contributed by atoms with Crippen molar-refractivity contribution in [3.63, 3.8) is 0 Å². The first kappa shape index (κ1) is 13.1. The first-order valence-electron chi connectivity index (χ1n) is 4.79. The molecule has 0 saturated heterocycles. The molecule has 0 amide bonds. The molecule has 0 fully saturated rings. The fourth-order valence-electron chi connectivity index (χ4n) is 1.36. The van der Waals surface area contributed by atoms with Crippen LogP contribution in [0.5, 0.6) is 0 Å². The summed E-state index contributed by atoms with van der Waals surface area (Å²) in [6.45, 7) is 0. The molecule has 7 heteroatoms. The van der Waals surface area contributed by atoms with Gasteiger partial charge in [-0.1, -0.05) is 0 Å². The Morgan fingerprint density at radius 2 is 2.17 bits per heavy atom. The van der Waals surface area contributed by atoms with E-state index in [0.717, 1.165) is 6.07 Å². The second-order valence-electron chi connectivity index (χ2n) is 3.44. The van der Waals surface area contributed by atoms with Crippen molar-refractivity contribution < 1.29 is 18.7 Å². The van der Waals surface area contributed by atoms with E-state index in [1.54, 1.807) is 5.38 Å². The van der Waals surface area contributed by atoms with Crippen LogP contribution in [-0.4, -0.2) is 16.1 Å². The number of aromatic nitrogens is 1. The zero-order chi connectivity index (χ0) is 13.3. The van der Waals surface area contributed by atoms with Crippen molar-refractivity contribution in [3.05, 3.63) is 39.3 Å². The van der Waals surface area contributed by atoms with Gasteiger partial charge in [-0.2, -0.15) is 0 Å². The second kappa shape index (κ2) is 5.11. The molecule has 1 aromatic heterocycles. The van der Waals surface area contributed by atoms with Gasteiger partial charge in [-0.15, -0.1) is 11.3 Å². The maximum absolute atomic E-state index is 13.4. The number of hydrogen-bond donors (Lipinski definition) is 1. The van der Waals surface area contributed by atoms with Crippen LogP contribution in [0.2, 0.25) is 0 Å². The molecule has 0 atom stereocenters. The van der Waals surface area contributed by atoms with Crippen LogP contribution < -0.4 is 0 Å². The average molecular weight is 334 g/mol. The van der Waals surface area contributed by atoms with Crippen molar-refractivity contribution in [1.82, 2.24) is 4.98 Å². The summed E-state index contributed by atoms with van der Waals surface area (Å²) >= 11 is 4.14. The highest BCUT2D eigenvalue weighted by molar-refractivity contribution is 9.10. The fraction of sp³-hybridized carbons (Fsp3) is 0.0909. The first-order chi connectivity index (χ1) is 8.49. The lowest BCUT2D eigenvalue weighted by Gasteiger charge is -2.02. The Kier molecular flexibility index (Phi) is 3.72. The quantitative estimate of drug-likeness (QED) is 0.875. The maximum atomic E-state index is 13.4. The zero-order valence-corrected chi connectivity index (χ0v) is 11.2. The van der Waals surface area contributed by atoms with Gasteiger partial charge in [0.15, 0.2) is 11.6 Å². The molecule has 0 saturated carbocycles. The van der Waals surface area contributed by atoms with Gasteiger partial charge in [-0.25, -0.2) is 13.8 Å². The highest BCUT2D eigenvalue weighted by Crippen LogP contribution is 2.33. The molecule has 0 aliphatic rings. The number of nitrogens with zero attached hydrogens (tertiary/aromatic N) is 1. The van der Waals surface area contributed by atoms with Crippen LogP contribution in [0.25, 0.3) is 10.6 Å². The third-order valence-corrected chi connectivity index (χ3v) is 3.85. The van der Waals surface area contributed by atoms with Crippen LogP contribution in [0.1, 0.15) is 5.69 Å². The fourth-order valence-corrected chi connectivity index (χ4v) is 2.85.